The van der Waals surface area contributed by atoms with Crippen molar-refractivity contribution in [3.05, 3.63) is 22.7 Å². The Labute approximate surface area is 160 Å². The first kappa shape index (κ1) is 22.1. The van der Waals surface area contributed by atoms with Crippen molar-refractivity contribution in [1.29, 1.82) is 0 Å². The molecule has 146 valence electrons. The summed E-state index contributed by atoms with van der Waals surface area (Å²) in [4.78, 5) is 24.1. The third-order valence-electron chi connectivity index (χ3n) is 3.71. The Hall–Kier alpha value is -1.95. The van der Waals surface area contributed by atoms with Gasteiger partial charge >= 0.3 is 5.97 Å². The molecule has 0 atom stereocenters. The monoisotopic (exact) mass is 385 g/mol. The summed E-state index contributed by atoms with van der Waals surface area (Å²) in [6.07, 6.45) is 1.64. The predicted octanol–water partition coefficient (Wildman–Crippen LogP) is 3.85. The van der Waals surface area contributed by atoms with Crippen molar-refractivity contribution >= 4 is 23.5 Å². The van der Waals surface area contributed by atoms with E-state index >= 15 is 0 Å². The van der Waals surface area contributed by atoms with Gasteiger partial charge in [0, 0.05) is 6.04 Å². The van der Waals surface area contributed by atoms with Crippen LogP contribution in [-0.4, -0.2) is 38.2 Å². The van der Waals surface area contributed by atoms with Gasteiger partial charge in [0.25, 0.3) is 5.91 Å². The molecule has 1 amide bonds. The van der Waals surface area contributed by atoms with E-state index in [2.05, 4.69) is 5.32 Å². The number of hydrogen-bond donors (Lipinski definition) is 1. The number of benzene rings is 1. The maximum absolute atomic E-state index is 12.2. The van der Waals surface area contributed by atoms with Crippen molar-refractivity contribution < 1.29 is 23.8 Å². The average Bonchev–Trinajstić information content (AvgIpc) is 2.62. The van der Waals surface area contributed by atoms with Crippen molar-refractivity contribution in [3.63, 3.8) is 0 Å². The second kappa shape index (κ2) is 10.9. The fourth-order valence-electron chi connectivity index (χ4n) is 2.20. The van der Waals surface area contributed by atoms with Crippen LogP contribution in [0, 0.1) is 5.92 Å². The van der Waals surface area contributed by atoms with Crippen LogP contribution in [0.2, 0.25) is 5.02 Å². The molecular weight excluding hydrogens is 358 g/mol. The van der Waals surface area contributed by atoms with E-state index in [9.17, 15) is 9.59 Å². The Morgan fingerprint density at radius 2 is 1.85 bits per heavy atom. The van der Waals surface area contributed by atoms with Gasteiger partial charge in [0.15, 0.2) is 18.1 Å². The van der Waals surface area contributed by atoms with Crippen LogP contribution >= 0.6 is 11.6 Å². The molecule has 0 bridgehead atoms. The zero-order valence-corrected chi connectivity index (χ0v) is 16.8. The zero-order valence-electron chi connectivity index (χ0n) is 16.1. The number of hydrogen-bond acceptors (Lipinski definition) is 5. The third-order valence-corrected chi connectivity index (χ3v) is 3.99. The maximum Gasteiger partial charge on any atom is 0.338 e. The number of carbonyl (C=O) groups is 2. The molecule has 1 N–H and O–H groups in total. The van der Waals surface area contributed by atoms with Gasteiger partial charge in [0.1, 0.15) is 0 Å². The predicted molar refractivity (Wildman–Crippen MR) is 101 cm³/mol. The summed E-state index contributed by atoms with van der Waals surface area (Å²) in [7, 11) is 1.46. The van der Waals surface area contributed by atoms with E-state index in [1.54, 1.807) is 0 Å². The highest BCUT2D eigenvalue weighted by molar-refractivity contribution is 6.32. The molecule has 0 radical (unpaired) electrons. The highest BCUT2D eigenvalue weighted by Gasteiger charge is 2.18. The summed E-state index contributed by atoms with van der Waals surface area (Å²) in [6.45, 7) is 8.11. The topological polar surface area (TPSA) is 73.9 Å². The number of methoxy groups -OCH3 is 1. The van der Waals surface area contributed by atoms with Crippen LogP contribution in [0.3, 0.4) is 0 Å². The van der Waals surface area contributed by atoms with Crippen molar-refractivity contribution in [1.82, 2.24) is 5.32 Å². The molecule has 0 heterocycles. The molecule has 0 aliphatic rings. The molecular formula is C19H28ClNO5. The molecule has 0 aliphatic heterocycles. The van der Waals surface area contributed by atoms with Crippen LogP contribution in [0.15, 0.2) is 12.1 Å². The summed E-state index contributed by atoms with van der Waals surface area (Å²) in [6, 6.07) is 3.01. The van der Waals surface area contributed by atoms with E-state index in [4.69, 9.17) is 25.8 Å². The number of halogens is 1. The van der Waals surface area contributed by atoms with Crippen molar-refractivity contribution in [3.8, 4) is 11.5 Å². The number of esters is 1. The van der Waals surface area contributed by atoms with Gasteiger partial charge in [-0.1, -0.05) is 39.3 Å². The van der Waals surface area contributed by atoms with Gasteiger partial charge in [-0.15, -0.1) is 0 Å². The molecule has 26 heavy (non-hydrogen) atoms. The molecule has 0 aromatic heterocycles. The minimum absolute atomic E-state index is 0.0770. The van der Waals surface area contributed by atoms with E-state index in [1.807, 2.05) is 27.7 Å². The molecule has 7 heteroatoms. The minimum Gasteiger partial charge on any atom is -0.493 e. The van der Waals surface area contributed by atoms with Crippen LogP contribution in [0.4, 0.5) is 0 Å². The lowest BCUT2D eigenvalue weighted by Crippen LogP contribution is -2.36. The van der Waals surface area contributed by atoms with Gasteiger partial charge < -0.3 is 19.5 Å². The number of ether oxygens (including phenoxy) is 3. The third kappa shape index (κ3) is 6.75. The Morgan fingerprint density at radius 3 is 2.38 bits per heavy atom. The molecule has 0 fully saturated rings. The minimum atomic E-state index is -0.652. The van der Waals surface area contributed by atoms with Gasteiger partial charge in [0.2, 0.25) is 0 Å². The van der Waals surface area contributed by atoms with Crippen molar-refractivity contribution in [2.45, 2.75) is 46.6 Å². The standard InChI is InChI=1S/C19H28ClNO5/c1-6-14(7-2)21-17(22)11-26-19(23)13-8-15(20)18(16(9-13)24-5)25-10-12(3)4/h8-9,12,14H,6-7,10-11H2,1-5H3,(H,21,22). The number of carbonyl (C=O) groups excluding carboxylic acids is 2. The highest BCUT2D eigenvalue weighted by atomic mass is 35.5. The number of rotatable bonds is 10. The van der Waals surface area contributed by atoms with E-state index in [1.165, 1.54) is 19.2 Å². The first-order chi connectivity index (χ1) is 12.3. The molecule has 6 nitrogen and oxygen atoms in total. The Morgan fingerprint density at radius 1 is 1.19 bits per heavy atom. The summed E-state index contributed by atoms with van der Waals surface area (Å²) in [5, 5.41) is 3.06. The van der Waals surface area contributed by atoms with E-state index in [0.29, 0.717) is 24.0 Å². The molecule has 0 saturated carbocycles. The summed E-state index contributed by atoms with van der Waals surface area (Å²) in [5.74, 6) is 0.0498. The van der Waals surface area contributed by atoms with E-state index in [-0.39, 0.29) is 29.1 Å². The Kier molecular flexibility index (Phi) is 9.27. The fraction of sp³-hybridized carbons (Fsp3) is 0.579. The van der Waals surface area contributed by atoms with Gasteiger partial charge in [-0.2, -0.15) is 0 Å². The Bertz CT molecular complexity index is 614. The van der Waals surface area contributed by atoms with Crippen LogP contribution in [-0.2, 0) is 9.53 Å². The molecule has 1 aromatic carbocycles. The van der Waals surface area contributed by atoms with Crippen LogP contribution in [0.1, 0.15) is 50.9 Å². The molecule has 1 aromatic rings. The second-order valence-electron chi connectivity index (χ2n) is 6.35. The normalized spacial score (nSPS) is 10.8. The summed E-state index contributed by atoms with van der Waals surface area (Å²) in [5.41, 5.74) is 0.194. The summed E-state index contributed by atoms with van der Waals surface area (Å²) < 4.78 is 16.0. The van der Waals surface area contributed by atoms with Crippen molar-refractivity contribution in [2.24, 2.45) is 5.92 Å². The van der Waals surface area contributed by atoms with E-state index in [0.717, 1.165) is 12.8 Å². The fourth-order valence-corrected chi connectivity index (χ4v) is 2.47. The molecule has 0 spiro atoms. The average molecular weight is 386 g/mol. The number of amides is 1. The Balaban J connectivity index is 2.77. The van der Waals surface area contributed by atoms with Crippen LogP contribution < -0.4 is 14.8 Å². The lowest BCUT2D eigenvalue weighted by atomic mass is 10.2. The zero-order chi connectivity index (χ0) is 19.7. The van der Waals surface area contributed by atoms with Gasteiger partial charge in [-0.3, -0.25) is 4.79 Å². The maximum atomic E-state index is 12.2. The highest BCUT2D eigenvalue weighted by Crippen LogP contribution is 2.36. The number of nitrogens with one attached hydrogen (secondary N) is 1. The molecule has 1 rings (SSSR count). The smallest absolute Gasteiger partial charge is 0.338 e. The quantitative estimate of drug-likeness (QED) is 0.619. The lowest BCUT2D eigenvalue weighted by Gasteiger charge is -2.16. The van der Waals surface area contributed by atoms with Crippen LogP contribution in [0.25, 0.3) is 0 Å². The largest absolute Gasteiger partial charge is 0.493 e. The second-order valence-corrected chi connectivity index (χ2v) is 6.76. The van der Waals surface area contributed by atoms with Gasteiger partial charge in [-0.25, -0.2) is 4.79 Å². The van der Waals surface area contributed by atoms with Gasteiger partial charge in [-0.05, 0) is 30.9 Å². The van der Waals surface area contributed by atoms with E-state index < -0.39 is 5.97 Å². The van der Waals surface area contributed by atoms with Gasteiger partial charge in [0.05, 0.1) is 24.3 Å². The van der Waals surface area contributed by atoms with Crippen molar-refractivity contribution in [2.75, 3.05) is 20.3 Å². The molecule has 0 aliphatic carbocycles. The lowest BCUT2D eigenvalue weighted by molar-refractivity contribution is -0.125. The van der Waals surface area contributed by atoms with Crippen LogP contribution in [0.5, 0.6) is 11.5 Å². The summed E-state index contributed by atoms with van der Waals surface area (Å²) >= 11 is 6.22. The first-order valence-electron chi connectivity index (χ1n) is 8.79. The SMILES string of the molecule is CCC(CC)NC(=O)COC(=O)c1cc(Cl)c(OCC(C)C)c(OC)c1. The molecule has 0 unspecified atom stereocenters. The molecule has 0 saturated heterocycles. The first-order valence-corrected chi connectivity index (χ1v) is 9.16.